The lowest BCUT2D eigenvalue weighted by Crippen LogP contribution is -2.15. The maximum Gasteiger partial charge on any atom is 0.230 e. The van der Waals surface area contributed by atoms with Crippen LogP contribution < -0.4 is 19.5 Å². The fraction of sp³-hybridized carbons (Fsp3) is 0.222. The van der Waals surface area contributed by atoms with Gasteiger partial charge in [-0.25, -0.2) is 4.98 Å². The Balaban J connectivity index is 1.48. The van der Waals surface area contributed by atoms with Crippen molar-refractivity contribution in [2.24, 2.45) is 0 Å². The predicted molar refractivity (Wildman–Crippen MR) is 95.9 cm³/mol. The van der Waals surface area contributed by atoms with Crippen LogP contribution in [0.3, 0.4) is 0 Å². The summed E-state index contributed by atoms with van der Waals surface area (Å²) in [5.41, 5.74) is 1.70. The molecule has 25 heavy (non-hydrogen) atoms. The highest BCUT2D eigenvalue weighted by Gasteiger charge is 2.16. The first-order valence-corrected chi connectivity index (χ1v) is 8.66. The third kappa shape index (κ3) is 3.36. The molecule has 0 aliphatic carbocycles. The summed E-state index contributed by atoms with van der Waals surface area (Å²) in [5, 5.41) is 3.42. The zero-order chi connectivity index (χ0) is 17.2. The Kier molecular flexibility index (Phi) is 4.15. The van der Waals surface area contributed by atoms with Crippen LogP contribution in [0.4, 0.5) is 5.13 Å². The Hall–Kier alpha value is -2.80. The second-order valence-corrected chi connectivity index (χ2v) is 6.59. The van der Waals surface area contributed by atoms with Crippen molar-refractivity contribution in [2.75, 3.05) is 25.6 Å². The predicted octanol–water partition coefficient (Wildman–Crippen LogP) is 3.26. The molecule has 2 aromatic carbocycles. The minimum Gasteiger partial charge on any atom is -0.497 e. The lowest BCUT2D eigenvalue weighted by atomic mass is 10.1. The van der Waals surface area contributed by atoms with Crippen molar-refractivity contribution in [1.82, 2.24) is 4.98 Å². The summed E-state index contributed by atoms with van der Waals surface area (Å²) in [6, 6.07) is 11.2. The summed E-state index contributed by atoms with van der Waals surface area (Å²) < 4.78 is 17.2. The molecule has 2 heterocycles. The lowest BCUT2D eigenvalue weighted by molar-refractivity contribution is -0.115. The molecule has 1 aliphatic rings. The number of methoxy groups -OCH3 is 1. The molecular formula is C18H16N2O4S. The molecular weight excluding hydrogens is 340 g/mol. The van der Waals surface area contributed by atoms with Gasteiger partial charge in [0.1, 0.15) is 19.0 Å². The monoisotopic (exact) mass is 356 g/mol. The molecule has 1 amide bonds. The number of rotatable bonds is 4. The third-order valence-electron chi connectivity index (χ3n) is 3.82. The van der Waals surface area contributed by atoms with Crippen LogP contribution in [0.15, 0.2) is 36.4 Å². The zero-order valence-electron chi connectivity index (χ0n) is 13.6. The van der Waals surface area contributed by atoms with Crippen LogP contribution >= 0.6 is 11.3 Å². The quantitative estimate of drug-likeness (QED) is 0.777. The van der Waals surface area contributed by atoms with E-state index in [1.165, 1.54) is 11.3 Å². The Morgan fingerprint density at radius 2 is 1.92 bits per heavy atom. The van der Waals surface area contributed by atoms with Crippen LogP contribution in [0.2, 0.25) is 0 Å². The van der Waals surface area contributed by atoms with Crippen LogP contribution in [0.25, 0.3) is 10.2 Å². The second kappa shape index (κ2) is 6.60. The van der Waals surface area contributed by atoms with Crippen molar-refractivity contribution in [3.8, 4) is 17.2 Å². The molecule has 3 aromatic rings. The number of nitrogens with zero attached hydrogens (tertiary/aromatic N) is 1. The number of amides is 1. The minimum atomic E-state index is -0.110. The topological polar surface area (TPSA) is 69.7 Å². The number of ether oxygens (including phenoxy) is 3. The van der Waals surface area contributed by atoms with Gasteiger partial charge in [-0.1, -0.05) is 23.5 Å². The Labute approximate surface area is 148 Å². The summed E-state index contributed by atoms with van der Waals surface area (Å²) in [6.45, 7) is 1.08. The van der Waals surface area contributed by atoms with Gasteiger partial charge in [0.2, 0.25) is 5.91 Å². The molecule has 0 fully saturated rings. The molecule has 4 rings (SSSR count). The van der Waals surface area contributed by atoms with Gasteiger partial charge in [0.25, 0.3) is 0 Å². The smallest absolute Gasteiger partial charge is 0.230 e. The normalized spacial score (nSPS) is 12.8. The maximum atomic E-state index is 12.2. The largest absolute Gasteiger partial charge is 0.497 e. The summed E-state index contributed by atoms with van der Waals surface area (Å²) in [5.74, 6) is 2.07. The van der Waals surface area contributed by atoms with Gasteiger partial charge in [-0.2, -0.15) is 0 Å². The first kappa shape index (κ1) is 15.7. The average Bonchev–Trinajstić information content (AvgIpc) is 3.01. The summed E-state index contributed by atoms with van der Waals surface area (Å²) in [4.78, 5) is 16.7. The Morgan fingerprint density at radius 1 is 1.20 bits per heavy atom. The highest BCUT2D eigenvalue weighted by Crippen LogP contribution is 2.37. The van der Waals surface area contributed by atoms with Gasteiger partial charge in [-0.3, -0.25) is 4.79 Å². The first-order chi connectivity index (χ1) is 12.2. The maximum absolute atomic E-state index is 12.2. The van der Waals surface area contributed by atoms with Crippen LogP contribution in [0.5, 0.6) is 17.2 Å². The van der Waals surface area contributed by atoms with Gasteiger partial charge in [0, 0.05) is 12.1 Å². The zero-order valence-corrected chi connectivity index (χ0v) is 14.4. The molecule has 1 aromatic heterocycles. The van der Waals surface area contributed by atoms with Crippen molar-refractivity contribution in [3.63, 3.8) is 0 Å². The number of benzene rings is 2. The number of anilines is 1. The van der Waals surface area contributed by atoms with E-state index in [0.717, 1.165) is 27.3 Å². The van der Waals surface area contributed by atoms with Crippen molar-refractivity contribution < 1.29 is 19.0 Å². The van der Waals surface area contributed by atoms with Gasteiger partial charge < -0.3 is 19.5 Å². The fourth-order valence-corrected chi connectivity index (χ4v) is 3.50. The number of aromatic nitrogens is 1. The number of thiazole rings is 1. The fourth-order valence-electron chi connectivity index (χ4n) is 2.61. The van der Waals surface area contributed by atoms with Crippen molar-refractivity contribution in [3.05, 3.63) is 42.0 Å². The van der Waals surface area contributed by atoms with Gasteiger partial charge in [-0.05, 0) is 17.7 Å². The number of hydrogen-bond donors (Lipinski definition) is 1. The van der Waals surface area contributed by atoms with Gasteiger partial charge >= 0.3 is 0 Å². The van der Waals surface area contributed by atoms with E-state index in [0.29, 0.717) is 24.1 Å². The molecule has 0 unspecified atom stereocenters. The minimum absolute atomic E-state index is 0.110. The number of fused-ring (bicyclic) bond motifs is 2. The Bertz CT molecular complexity index is 878. The molecule has 1 aliphatic heterocycles. The molecule has 0 saturated carbocycles. The van der Waals surface area contributed by atoms with Crippen molar-refractivity contribution in [1.29, 1.82) is 0 Å². The van der Waals surface area contributed by atoms with E-state index >= 15 is 0 Å². The molecule has 0 radical (unpaired) electrons. The number of carbonyl (C=O) groups is 1. The van der Waals surface area contributed by atoms with E-state index < -0.39 is 0 Å². The van der Waals surface area contributed by atoms with E-state index in [2.05, 4.69) is 10.3 Å². The summed E-state index contributed by atoms with van der Waals surface area (Å²) in [7, 11) is 1.61. The van der Waals surface area contributed by atoms with E-state index in [1.807, 2.05) is 36.4 Å². The summed E-state index contributed by atoms with van der Waals surface area (Å²) >= 11 is 1.42. The van der Waals surface area contributed by atoms with Crippen molar-refractivity contribution >= 4 is 32.6 Å². The van der Waals surface area contributed by atoms with E-state index in [1.54, 1.807) is 7.11 Å². The first-order valence-electron chi connectivity index (χ1n) is 7.84. The average molecular weight is 356 g/mol. The molecule has 0 spiro atoms. The SMILES string of the molecule is COc1ccc(CC(=O)Nc2nc3cc4c(cc3s2)OCCO4)cc1. The Morgan fingerprint density at radius 3 is 2.64 bits per heavy atom. The molecule has 0 atom stereocenters. The second-order valence-electron chi connectivity index (χ2n) is 5.56. The standard InChI is InChI=1S/C18H16N2O4S/c1-22-12-4-2-11(3-5-12)8-17(21)20-18-19-13-9-14-15(10-16(13)25-18)24-7-6-23-14/h2-5,9-10H,6-8H2,1H3,(H,19,20,21). The molecule has 6 nitrogen and oxygen atoms in total. The lowest BCUT2D eigenvalue weighted by Gasteiger charge is -2.17. The number of hydrogen-bond acceptors (Lipinski definition) is 6. The molecule has 1 N–H and O–H groups in total. The highest BCUT2D eigenvalue weighted by molar-refractivity contribution is 7.22. The molecule has 0 saturated heterocycles. The van der Waals surface area contributed by atoms with Gasteiger partial charge in [0.15, 0.2) is 16.6 Å². The number of nitrogens with one attached hydrogen (secondary N) is 1. The van der Waals surface area contributed by atoms with E-state index in [-0.39, 0.29) is 12.3 Å². The molecule has 128 valence electrons. The highest BCUT2D eigenvalue weighted by atomic mass is 32.1. The van der Waals surface area contributed by atoms with Gasteiger partial charge in [0.05, 0.1) is 23.7 Å². The van der Waals surface area contributed by atoms with Crippen LogP contribution in [0.1, 0.15) is 5.56 Å². The van der Waals surface area contributed by atoms with Crippen LogP contribution in [-0.2, 0) is 11.2 Å². The van der Waals surface area contributed by atoms with Crippen molar-refractivity contribution in [2.45, 2.75) is 6.42 Å². The summed E-state index contributed by atoms with van der Waals surface area (Å²) in [6.07, 6.45) is 0.280. The number of carbonyl (C=O) groups excluding carboxylic acids is 1. The van der Waals surface area contributed by atoms with Crippen LogP contribution in [0, 0.1) is 0 Å². The van der Waals surface area contributed by atoms with Gasteiger partial charge in [-0.15, -0.1) is 0 Å². The van der Waals surface area contributed by atoms with E-state index in [9.17, 15) is 4.79 Å². The third-order valence-corrected chi connectivity index (χ3v) is 4.76. The van der Waals surface area contributed by atoms with E-state index in [4.69, 9.17) is 14.2 Å². The molecule has 7 heteroatoms. The van der Waals surface area contributed by atoms with Crippen LogP contribution in [-0.4, -0.2) is 31.2 Å². The molecule has 0 bridgehead atoms.